The van der Waals surface area contributed by atoms with Crippen LogP contribution in [0.15, 0.2) is 0 Å². The number of nitrogens with zero attached hydrogens (tertiary/aromatic N) is 2. The molecule has 12 heavy (non-hydrogen) atoms. The third-order valence-electron chi connectivity index (χ3n) is 1.65. The lowest BCUT2D eigenvalue weighted by Crippen LogP contribution is -2.45. The number of hydrogen-bond acceptors (Lipinski definition) is 4. The van der Waals surface area contributed by atoms with Gasteiger partial charge in [-0.05, 0) is 27.7 Å². The highest BCUT2D eigenvalue weighted by Gasteiger charge is 2.22. The van der Waals surface area contributed by atoms with E-state index in [-0.39, 0.29) is 12.1 Å². The summed E-state index contributed by atoms with van der Waals surface area (Å²) in [6.45, 7) is 8.09. The van der Waals surface area contributed by atoms with Crippen LogP contribution in [0.5, 0.6) is 0 Å². The van der Waals surface area contributed by atoms with Crippen LogP contribution in [-0.2, 0) is 0 Å². The molecule has 0 aromatic rings. The molecule has 0 aromatic carbocycles. The van der Waals surface area contributed by atoms with E-state index in [9.17, 15) is 0 Å². The lowest BCUT2D eigenvalue weighted by atomic mass is 10.3. The molecular formula is C7H19N2O2P. The predicted octanol–water partition coefficient (Wildman–Crippen LogP) is 1.16. The van der Waals surface area contributed by atoms with E-state index < -0.39 is 8.53 Å². The van der Waals surface area contributed by atoms with Gasteiger partial charge in [-0.1, -0.05) is 0 Å². The van der Waals surface area contributed by atoms with Crippen LogP contribution in [0.2, 0.25) is 0 Å². The Bertz CT molecular complexity index is 123. The zero-order chi connectivity index (χ0) is 9.89. The van der Waals surface area contributed by atoms with Crippen LogP contribution in [0.25, 0.3) is 0 Å². The maximum absolute atomic E-state index is 8.99. The lowest BCUT2D eigenvalue weighted by Gasteiger charge is -2.38. The summed E-state index contributed by atoms with van der Waals surface area (Å²) in [4.78, 5) is 18.0. The van der Waals surface area contributed by atoms with Crippen molar-refractivity contribution in [3.8, 4) is 0 Å². The second kappa shape index (κ2) is 5.10. The van der Waals surface area contributed by atoms with E-state index in [2.05, 4.69) is 0 Å². The highest BCUT2D eigenvalue weighted by molar-refractivity contribution is 7.42. The Morgan fingerprint density at radius 2 is 1.33 bits per heavy atom. The van der Waals surface area contributed by atoms with E-state index in [4.69, 9.17) is 9.79 Å². The molecule has 0 unspecified atom stereocenters. The van der Waals surface area contributed by atoms with Crippen molar-refractivity contribution in [1.29, 1.82) is 0 Å². The first-order chi connectivity index (χ1) is 5.37. The van der Waals surface area contributed by atoms with Crippen LogP contribution in [0.1, 0.15) is 27.7 Å². The standard InChI is InChI=1S/C7H19N2O2P/c1-6(2)9(7(3)4)8(5)12(10)11/h6-7,10-11H,1-5H3. The Labute approximate surface area is 75.7 Å². The van der Waals surface area contributed by atoms with E-state index in [1.54, 1.807) is 7.05 Å². The van der Waals surface area contributed by atoms with Crippen molar-refractivity contribution >= 4 is 8.53 Å². The molecule has 4 nitrogen and oxygen atoms in total. The summed E-state index contributed by atoms with van der Waals surface area (Å²) in [5.41, 5.74) is 0. The quantitative estimate of drug-likeness (QED) is 0.521. The van der Waals surface area contributed by atoms with E-state index in [1.807, 2.05) is 32.7 Å². The summed E-state index contributed by atoms with van der Waals surface area (Å²) in [5.74, 6) is 0. The maximum Gasteiger partial charge on any atom is 0.267 e. The Hall–Kier alpha value is 0.270. The predicted molar refractivity (Wildman–Crippen MR) is 51.2 cm³/mol. The molecule has 0 aromatic heterocycles. The summed E-state index contributed by atoms with van der Waals surface area (Å²) in [5, 5.41) is 1.94. The van der Waals surface area contributed by atoms with Gasteiger partial charge in [0.1, 0.15) is 0 Å². The molecule has 0 amide bonds. The van der Waals surface area contributed by atoms with E-state index in [0.29, 0.717) is 0 Å². The van der Waals surface area contributed by atoms with Crippen molar-refractivity contribution < 1.29 is 9.79 Å². The lowest BCUT2D eigenvalue weighted by molar-refractivity contribution is 0.00339. The summed E-state index contributed by atoms with van der Waals surface area (Å²) >= 11 is 0. The zero-order valence-corrected chi connectivity index (χ0v) is 9.29. The van der Waals surface area contributed by atoms with Gasteiger partial charge in [0.15, 0.2) is 0 Å². The minimum absolute atomic E-state index is 0.277. The first-order valence-corrected chi connectivity index (χ1v) is 5.27. The van der Waals surface area contributed by atoms with Crippen molar-refractivity contribution in [3.63, 3.8) is 0 Å². The summed E-state index contributed by atoms with van der Waals surface area (Å²) in [6.07, 6.45) is 0. The van der Waals surface area contributed by atoms with Gasteiger partial charge in [0.2, 0.25) is 0 Å². The Morgan fingerprint density at radius 1 is 1.00 bits per heavy atom. The molecule has 0 bridgehead atoms. The number of hydrazine groups is 1. The monoisotopic (exact) mass is 194 g/mol. The second-order valence-electron chi connectivity index (χ2n) is 3.33. The fraction of sp³-hybridized carbons (Fsp3) is 1.00. The third-order valence-corrected chi connectivity index (χ3v) is 2.38. The van der Waals surface area contributed by atoms with Gasteiger partial charge in [-0.3, -0.25) is 0 Å². The van der Waals surface area contributed by atoms with Crippen molar-refractivity contribution in [2.75, 3.05) is 7.05 Å². The van der Waals surface area contributed by atoms with Gasteiger partial charge >= 0.3 is 0 Å². The summed E-state index contributed by atoms with van der Waals surface area (Å²) in [7, 11) is -0.320. The average Bonchev–Trinajstić information content (AvgIpc) is 1.85. The van der Waals surface area contributed by atoms with Crippen LogP contribution < -0.4 is 0 Å². The Balaban J connectivity index is 4.30. The first-order valence-electron chi connectivity index (χ1n) is 4.07. The Kier molecular flexibility index (Phi) is 5.21. The highest BCUT2D eigenvalue weighted by Crippen LogP contribution is 2.31. The van der Waals surface area contributed by atoms with Crippen LogP contribution in [-0.4, -0.2) is 38.7 Å². The van der Waals surface area contributed by atoms with Gasteiger partial charge in [-0.15, -0.1) is 0 Å². The molecule has 74 valence electrons. The van der Waals surface area contributed by atoms with Crippen LogP contribution in [0.4, 0.5) is 0 Å². The van der Waals surface area contributed by atoms with E-state index in [0.717, 1.165) is 0 Å². The average molecular weight is 194 g/mol. The fourth-order valence-electron chi connectivity index (χ4n) is 1.36. The largest absolute Gasteiger partial charge is 0.337 e. The molecule has 0 rings (SSSR count). The molecule has 0 heterocycles. The molecule has 5 heteroatoms. The van der Waals surface area contributed by atoms with Crippen LogP contribution in [0, 0.1) is 0 Å². The van der Waals surface area contributed by atoms with Crippen molar-refractivity contribution in [2.45, 2.75) is 39.8 Å². The highest BCUT2D eigenvalue weighted by atomic mass is 31.2. The normalized spacial score (nSPS) is 13.0. The van der Waals surface area contributed by atoms with Crippen molar-refractivity contribution in [1.82, 2.24) is 9.79 Å². The molecular weight excluding hydrogens is 175 g/mol. The molecule has 0 fully saturated rings. The molecule has 0 spiro atoms. The number of rotatable bonds is 4. The number of hydrogen-bond donors (Lipinski definition) is 2. The third kappa shape index (κ3) is 3.33. The SMILES string of the molecule is CC(C)N(C(C)C)N(C)P(O)O. The van der Waals surface area contributed by atoms with Gasteiger partial charge in [0.05, 0.1) is 0 Å². The van der Waals surface area contributed by atoms with Gasteiger partial charge in [-0.2, -0.15) is 4.78 Å². The van der Waals surface area contributed by atoms with Gasteiger partial charge in [0.25, 0.3) is 8.53 Å². The molecule has 0 saturated carbocycles. The van der Waals surface area contributed by atoms with Gasteiger partial charge in [0, 0.05) is 19.1 Å². The van der Waals surface area contributed by atoms with E-state index >= 15 is 0 Å². The summed E-state index contributed by atoms with van der Waals surface area (Å²) < 4.78 is 1.49. The minimum Gasteiger partial charge on any atom is -0.337 e. The molecule has 0 aliphatic heterocycles. The van der Waals surface area contributed by atoms with Gasteiger partial charge < -0.3 is 9.79 Å². The van der Waals surface area contributed by atoms with Crippen molar-refractivity contribution in [2.24, 2.45) is 0 Å². The molecule has 0 aliphatic rings. The van der Waals surface area contributed by atoms with Crippen LogP contribution in [0.3, 0.4) is 0 Å². The topological polar surface area (TPSA) is 46.9 Å². The Morgan fingerprint density at radius 3 is 1.42 bits per heavy atom. The van der Waals surface area contributed by atoms with Crippen LogP contribution >= 0.6 is 8.53 Å². The smallest absolute Gasteiger partial charge is 0.267 e. The molecule has 0 saturated heterocycles. The van der Waals surface area contributed by atoms with Crippen molar-refractivity contribution in [3.05, 3.63) is 0 Å². The molecule has 0 aliphatic carbocycles. The second-order valence-corrected chi connectivity index (χ2v) is 4.44. The fourth-order valence-corrected chi connectivity index (χ4v) is 1.95. The first kappa shape index (κ1) is 12.3. The summed E-state index contributed by atoms with van der Waals surface area (Å²) in [6, 6.07) is 0.554. The zero-order valence-electron chi connectivity index (χ0n) is 8.39. The van der Waals surface area contributed by atoms with Gasteiger partial charge in [-0.25, -0.2) is 5.01 Å². The molecule has 2 N–H and O–H groups in total. The minimum atomic E-state index is -2.01. The maximum atomic E-state index is 8.99. The molecule has 0 atom stereocenters. The van der Waals surface area contributed by atoms with E-state index in [1.165, 1.54) is 4.78 Å². The molecule has 0 radical (unpaired) electrons.